The third-order valence-electron chi connectivity index (χ3n) is 16.4. The van der Waals surface area contributed by atoms with Gasteiger partial charge in [0.2, 0.25) is 0 Å². The van der Waals surface area contributed by atoms with E-state index in [1.165, 1.54) is 59.8 Å². The van der Waals surface area contributed by atoms with Crippen molar-refractivity contribution in [1.29, 1.82) is 0 Å². The molecule has 16 aromatic rings. The zero-order chi connectivity index (χ0) is 53.4. The van der Waals surface area contributed by atoms with Crippen LogP contribution in [0.25, 0.3) is 160 Å². The Kier molecular flexibility index (Phi) is 10.8. The largest absolute Gasteiger partial charge is 0.292 e. The summed E-state index contributed by atoms with van der Waals surface area (Å²) in [6.07, 6.45) is 0. The third kappa shape index (κ3) is 7.72. The monoisotopic (exact) mass is 1030 g/mol. The first-order valence-corrected chi connectivity index (χ1v) is 27.7. The van der Waals surface area contributed by atoms with Crippen LogP contribution in [0.15, 0.2) is 291 Å². The Hall–Kier alpha value is -10.8. The number of aromatic nitrogens is 4. The summed E-state index contributed by atoms with van der Waals surface area (Å²) < 4.78 is 2.25. The van der Waals surface area contributed by atoms with Crippen LogP contribution in [0.5, 0.6) is 0 Å². The van der Waals surface area contributed by atoms with Crippen molar-refractivity contribution in [2.75, 3.05) is 0 Å². The molecule has 0 saturated carbocycles. The number of para-hydroxylation sites is 3. The van der Waals surface area contributed by atoms with Gasteiger partial charge in [0.25, 0.3) is 0 Å². The lowest BCUT2D eigenvalue weighted by molar-refractivity contribution is 1.10. The molecule has 0 unspecified atom stereocenters. The van der Waals surface area contributed by atoms with Gasteiger partial charge in [0, 0.05) is 33.2 Å². The minimum Gasteiger partial charge on any atom is -0.292 e. The van der Waals surface area contributed by atoms with Crippen molar-refractivity contribution in [2.24, 2.45) is 0 Å². The average Bonchev–Trinajstić information content (AvgIpc) is 3.94. The summed E-state index contributed by atoms with van der Waals surface area (Å²) in [7, 11) is 0. The second-order valence-corrected chi connectivity index (χ2v) is 21.0. The van der Waals surface area contributed by atoms with Gasteiger partial charge in [0.1, 0.15) is 5.82 Å². The summed E-state index contributed by atoms with van der Waals surface area (Å²) in [4.78, 5) is 16.5. The van der Waals surface area contributed by atoms with Gasteiger partial charge in [-0.1, -0.05) is 249 Å². The van der Waals surface area contributed by atoms with E-state index in [0.29, 0.717) is 0 Å². The van der Waals surface area contributed by atoms with Crippen molar-refractivity contribution in [1.82, 2.24) is 19.5 Å². The summed E-state index contributed by atoms with van der Waals surface area (Å²) in [5.74, 6) is 0.889. The minimum atomic E-state index is 0.853. The number of pyridine rings is 2. The molecule has 0 aliphatic carbocycles. The molecule has 0 aliphatic heterocycles. The summed E-state index contributed by atoms with van der Waals surface area (Å²) in [6, 6.07) is 105. The van der Waals surface area contributed by atoms with E-state index >= 15 is 0 Å². The number of benzene rings is 13. The number of hydrogen-bond donors (Lipinski definition) is 0. The first kappa shape index (κ1) is 46.3. The van der Waals surface area contributed by atoms with Crippen LogP contribution >= 0.6 is 0 Å². The smallest absolute Gasteiger partial charge is 0.145 e. The number of rotatable bonds is 8. The number of fused-ring (bicyclic) bond motifs is 8. The van der Waals surface area contributed by atoms with Crippen LogP contribution < -0.4 is 0 Å². The highest BCUT2D eigenvalue weighted by Gasteiger charge is 2.22. The van der Waals surface area contributed by atoms with E-state index in [1.807, 2.05) is 12.1 Å². The Labute approximate surface area is 468 Å². The van der Waals surface area contributed by atoms with Crippen LogP contribution in [0.4, 0.5) is 0 Å². The topological polar surface area (TPSA) is 43.6 Å². The molecule has 376 valence electrons. The predicted octanol–water partition coefficient (Wildman–Crippen LogP) is 20.4. The van der Waals surface area contributed by atoms with Gasteiger partial charge < -0.3 is 0 Å². The van der Waals surface area contributed by atoms with E-state index in [2.05, 4.69) is 284 Å². The maximum absolute atomic E-state index is 5.67. The molecule has 0 atom stereocenters. The molecule has 0 bridgehead atoms. The SMILES string of the molecule is c1ccc(-c2cc(-c3ccc(-c4c5ccccc5c(-c5c6ccccc6cc6ccccc56)c5ccccc45)cc3)nc3c2ccc2c(-c4ccccc4)cc(-c4ccc(-c5nc6ccccc6n5-c5ccccc5)cc4)nc23)cc1. The molecule has 4 heteroatoms. The van der Waals surface area contributed by atoms with Crippen molar-refractivity contribution in [3.05, 3.63) is 291 Å². The average molecular weight is 1030 g/mol. The fraction of sp³-hybridized carbons (Fsp3) is 0. The number of nitrogens with zero attached hydrogens (tertiary/aromatic N) is 4. The highest BCUT2D eigenvalue weighted by Crippen LogP contribution is 2.48. The summed E-state index contributed by atoms with van der Waals surface area (Å²) in [5, 5.41) is 12.0. The van der Waals surface area contributed by atoms with Crippen molar-refractivity contribution in [3.63, 3.8) is 0 Å². The highest BCUT2D eigenvalue weighted by atomic mass is 15.1. The normalized spacial score (nSPS) is 11.7. The number of hydrogen-bond acceptors (Lipinski definition) is 3. The van der Waals surface area contributed by atoms with Crippen LogP contribution in [0.1, 0.15) is 0 Å². The zero-order valence-corrected chi connectivity index (χ0v) is 44.0. The van der Waals surface area contributed by atoms with Crippen LogP contribution in [0, 0.1) is 0 Å². The van der Waals surface area contributed by atoms with Gasteiger partial charge >= 0.3 is 0 Å². The van der Waals surface area contributed by atoms with Crippen LogP contribution in [0.3, 0.4) is 0 Å². The Bertz CT molecular complexity index is 5010. The Morgan fingerprint density at radius 2 is 0.642 bits per heavy atom. The zero-order valence-electron chi connectivity index (χ0n) is 44.0. The molecule has 13 aromatic carbocycles. The van der Waals surface area contributed by atoms with E-state index in [4.69, 9.17) is 15.0 Å². The van der Waals surface area contributed by atoms with Gasteiger partial charge in [-0.05, 0) is 130 Å². The Balaban J connectivity index is 0.866. The van der Waals surface area contributed by atoms with Gasteiger partial charge in [-0.25, -0.2) is 15.0 Å². The predicted molar refractivity (Wildman–Crippen MR) is 340 cm³/mol. The molecule has 0 fully saturated rings. The maximum atomic E-state index is 5.67. The lowest BCUT2D eigenvalue weighted by Crippen LogP contribution is -1.97. The van der Waals surface area contributed by atoms with E-state index < -0.39 is 0 Å². The molecule has 16 rings (SSSR count). The molecule has 3 heterocycles. The number of imidazole rings is 1. The van der Waals surface area contributed by atoms with E-state index in [1.54, 1.807) is 0 Å². The van der Waals surface area contributed by atoms with Crippen LogP contribution in [0.2, 0.25) is 0 Å². The van der Waals surface area contributed by atoms with Gasteiger partial charge in [-0.3, -0.25) is 4.57 Å². The van der Waals surface area contributed by atoms with Crippen molar-refractivity contribution in [3.8, 4) is 84.1 Å². The fourth-order valence-electron chi connectivity index (χ4n) is 12.6. The lowest BCUT2D eigenvalue weighted by Gasteiger charge is -2.20. The van der Waals surface area contributed by atoms with Crippen LogP contribution in [-0.2, 0) is 0 Å². The molecule has 0 aliphatic rings. The second kappa shape index (κ2) is 19.0. The van der Waals surface area contributed by atoms with E-state index in [9.17, 15) is 0 Å². The quantitative estimate of drug-likeness (QED) is 0.113. The Morgan fingerprint density at radius 1 is 0.247 bits per heavy atom. The van der Waals surface area contributed by atoms with Gasteiger partial charge in [-0.15, -0.1) is 0 Å². The molecular formula is C77H48N4. The third-order valence-corrected chi connectivity index (χ3v) is 16.4. The maximum Gasteiger partial charge on any atom is 0.145 e. The van der Waals surface area contributed by atoms with Gasteiger partial charge in [0.15, 0.2) is 0 Å². The van der Waals surface area contributed by atoms with Gasteiger partial charge in [-0.2, -0.15) is 0 Å². The minimum absolute atomic E-state index is 0.853. The van der Waals surface area contributed by atoms with E-state index in [0.717, 1.165) is 100 Å². The van der Waals surface area contributed by atoms with Crippen molar-refractivity contribution in [2.45, 2.75) is 0 Å². The summed E-state index contributed by atoms with van der Waals surface area (Å²) in [5.41, 5.74) is 18.9. The molecule has 0 radical (unpaired) electrons. The first-order chi connectivity index (χ1) is 40.2. The molecule has 4 nitrogen and oxygen atoms in total. The Morgan fingerprint density at radius 3 is 1.16 bits per heavy atom. The summed E-state index contributed by atoms with van der Waals surface area (Å²) in [6.45, 7) is 0. The lowest BCUT2D eigenvalue weighted by atomic mass is 9.83. The standard InChI is InChI=1S/C77H48N4/c1-4-20-49(21-5-1)66-47-69(51-36-40-53(41-37-51)72-60-30-14-16-32-62(60)74(63-33-17-15-31-61(63)72)73-58-28-12-10-24-55(58)46-56-25-11-13-29-59(56)73)78-75-64(66)44-45-65-67(50-22-6-2-7-23-50)48-70(79-76(65)75)52-38-42-54(43-39-52)77-80-68-34-18-19-35-71(68)81(77)57-26-8-3-9-27-57/h1-48H. The molecule has 0 saturated heterocycles. The molecule has 81 heavy (non-hydrogen) atoms. The molecular weight excluding hydrogens is 981 g/mol. The highest BCUT2D eigenvalue weighted by molar-refractivity contribution is 6.27. The van der Waals surface area contributed by atoms with E-state index in [-0.39, 0.29) is 0 Å². The van der Waals surface area contributed by atoms with Crippen molar-refractivity contribution >= 4 is 75.9 Å². The summed E-state index contributed by atoms with van der Waals surface area (Å²) >= 11 is 0. The molecule has 0 amide bonds. The van der Waals surface area contributed by atoms with Crippen LogP contribution in [-0.4, -0.2) is 19.5 Å². The van der Waals surface area contributed by atoms with Gasteiger partial charge in [0.05, 0.1) is 33.5 Å². The first-order valence-electron chi connectivity index (χ1n) is 27.7. The second-order valence-electron chi connectivity index (χ2n) is 21.0. The fourth-order valence-corrected chi connectivity index (χ4v) is 12.6. The molecule has 0 N–H and O–H groups in total. The van der Waals surface area contributed by atoms with Crippen molar-refractivity contribution < 1.29 is 0 Å². The molecule has 0 spiro atoms. The molecule has 3 aromatic heterocycles.